The quantitative estimate of drug-likeness (QED) is 0.824. The summed E-state index contributed by atoms with van der Waals surface area (Å²) in [6.07, 6.45) is -4.50. The van der Waals surface area contributed by atoms with Crippen molar-refractivity contribution in [2.75, 3.05) is 26.8 Å². The van der Waals surface area contributed by atoms with Crippen molar-refractivity contribution in [1.29, 1.82) is 0 Å². The fourth-order valence-corrected chi connectivity index (χ4v) is 2.10. The first-order valence-corrected chi connectivity index (χ1v) is 5.26. The zero-order valence-corrected chi connectivity index (χ0v) is 9.75. The predicted molar refractivity (Wildman–Crippen MR) is 53.7 cm³/mol. The van der Waals surface area contributed by atoms with Gasteiger partial charge in [-0.05, 0) is 13.3 Å². The molecular formula is C10H16F3NO3. The largest absolute Gasteiger partial charge is 0.480 e. The maximum Gasteiger partial charge on any atom is 0.397 e. The van der Waals surface area contributed by atoms with Gasteiger partial charge in [0.25, 0.3) is 0 Å². The van der Waals surface area contributed by atoms with Crippen LogP contribution in [0, 0.1) is 5.41 Å². The zero-order valence-electron chi connectivity index (χ0n) is 9.75. The second-order valence-corrected chi connectivity index (χ2v) is 4.45. The molecule has 0 spiro atoms. The van der Waals surface area contributed by atoms with Crippen LogP contribution >= 0.6 is 0 Å². The highest BCUT2D eigenvalue weighted by molar-refractivity contribution is 5.72. The minimum atomic E-state index is -4.38. The Bertz CT molecular complexity index is 295. The zero-order chi connectivity index (χ0) is 13.3. The van der Waals surface area contributed by atoms with E-state index in [2.05, 4.69) is 4.74 Å². The molecule has 1 rings (SSSR count). The highest BCUT2D eigenvalue weighted by atomic mass is 19.4. The Labute approximate surface area is 97.3 Å². The van der Waals surface area contributed by atoms with E-state index in [1.165, 1.54) is 18.9 Å². The molecule has 4 nitrogen and oxygen atoms in total. The maximum atomic E-state index is 13.0. The number of hydrogen-bond donors (Lipinski definition) is 1. The van der Waals surface area contributed by atoms with E-state index < -0.39 is 30.2 Å². The highest BCUT2D eigenvalue weighted by Gasteiger charge is 2.58. The molecule has 17 heavy (non-hydrogen) atoms. The molecule has 0 aromatic heterocycles. The molecule has 1 aliphatic rings. The van der Waals surface area contributed by atoms with Crippen molar-refractivity contribution in [3.05, 3.63) is 0 Å². The van der Waals surface area contributed by atoms with Gasteiger partial charge in [-0.2, -0.15) is 13.2 Å². The molecule has 1 N–H and O–H groups in total. The molecule has 0 amide bonds. The highest BCUT2D eigenvalue weighted by Crippen LogP contribution is 2.46. The van der Waals surface area contributed by atoms with Crippen LogP contribution < -0.4 is 0 Å². The van der Waals surface area contributed by atoms with Crippen molar-refractivity contribution in [2.45, 2.75) is 25.6 Å². The van der Waals surface area contributed by atoms with Gasteiger partial charge in [-0.25, -0.2) is 0 Å². The second kappa shape index (κ2) is 4.81. The average molecular weight is 255 g/mol. The number of carboxylic acids is 1. The normalized spacial score (nSPS) is 28.3. The van der Waals surface area contributed by atoms with E-state index in [0.29, 0.717) is 0 Å². The van der Waals surface area contributed by atoms with Crippen LogP contribution in [0.4, 0.5) is 13.2 Å². The fourth-order valence-electron chi connectivity index (χ4n) is 2.10. The smallest absolute Gasteiger partial charge is 0.397 e. The van der Waals surface area contributed by atoms with Gasteiger partial charge in [0.2, 0.25) is 0 Å². The van der Waals surface area contributed by atoms with Gasteiger partial charge in [0.15, 0.2) is 0 Å². The molecule has 1 saturated heterocycles. The lowest BCUT2D eigenvalue weighted by Crippen LogP contribution is -2.46. The van der Waals surface area contributed by atoms with Gasteiger partial charge in [0.05, 0.1) is 6.61 Å². The minimum Gasteiger partial charge on any atom is -0.480 e. The van der Waals surface area contributed by atoms with Gasteiger partial charge >= 0.3 is 12.1 Å². The van der Waals surface area contributed by atoms with Crippen LogP contribution in [-0.4, -0.2) is 55.0 Å². The molecule has 0 aromatic rings. The van der Waals surface area contributed by atoms with Gasteiger partial charge in [-0.3, -0.25) is 9.69 Å². The molecule has 0 saturated carbocycles. The average Bonchev–Trinajstić information content (AvgIpc) is 2.62. The van der Waals surface area contributed by atoms with Gasteiger partial charge in [-0.1, -0.05) is 0 Å². The lowest BCUT2D eigenvalue weighted by atomic mass is 9.87. The summed E-state index contributed by atoms with van der Waals surface area (Å²) < 4.78 is 43.6. The third kappa shape index (κ3) is 2.71. The predicted octanol–water partition coefficient (Wildman–Crippen LogP) is 1.36. The maximum absolute atomic E-state index is 13.0. The lowest BCUT2D eigenvalue weighted by Gasteiger charge is -2.31. The first-order valence-electron chi connectivity index (χ1n) is 5.26. The number of ether oxygens (including phenoxy) is 1. The van der Waals surface area contributed by atoms with E-state index in [4.69, 9.17) is 5.11 Å². The van der Waals surface area contributed by atoms with Crippen LogP contribution in [0.2, 0.25) is 0 Å². The third-order valence-electron chi connectivity index (χ3n) is 3.31. The number of nitrogens with zero attached hydrogens (tertiary/aromatic N) is 1. The lowest BCUT2D eigenvalue weighted by molar-refractivity contribution is -0.233. The van der Waals surface area contributed by atoms with Crippen molar-refractivity contribution >= 4 is 5.97 Å². The van der Waals surface area contributed by atoms with Crippen LogP contribution in [0.5, 0.6) is 0 Å². The number of carboxylic acid groups (broad SMARTS) is 1. The first-order chi connectivity index (χ1) is 7.73. The molecule has 1 aliphatic heterocycles. The van der Waals surface area contributed by atoms with Crippen molar-refractivity contribution in [2.24, 2.45) is 5.41 Å². The number of rotatable bonds is 4. The number of hydrogen-bond acceptors (Lipinski definition) is 3. The van der Waals surface area contributed by atoms with Gasteiger partial charge < -0.3 is 9.84 Å². The van der Waals surface area contributed by atoms with Crippen LogP contribution in [0.3, 0.4) is 0 Å². The molecule has 0 unspecified atom stereocenters. The van der Waals surface area contributed by atoms with Gasteiger partial charge in [0.1, 0.15) is 11.5 Å². The van der Waals surface area contributed by atoms with E-state index in [1.807, 2.05) is 0 Å². The molecule has 7 heteroatoms. The summed E-state index contributed by atoms with van der Waals surface area (Å²) in [6, 6.07) is -0.906. The summed E-state index contributed by atoms with van der Waals surface area (Å²) in [4.78, 5) is 12.1. The summed E-state index contributed by atoms with van der Waals surface area (Å²) in [5.41, 5.74) is -1.94. The Morgan fingerprint density at radius 1 is 1.59 bits per heavy atom. The van der Waals surface area contributed by atoms with Gasteiger partial charge in [0, 0.05) is 20.2 Å². The van der Waals surface area contributed by atoms with Crippen molar-refractivity contribution in [3.63, 3.8) is 0 Å². The van der Waals surface area contributed by atoms with E-state index in [1.54, 1.807) is 0 Å². The van der Waals surface area contributed by atoms with Crippen molar-refractivity contribution < 1.29 is 27.8 Å². The summed E-state index contributed by atoms with van der Waals surface area (Å²) in [6.45, 7) is 0.759. The van der Waals surface area contributed by atoms with E-state index in [0.717, 1.165) is 0 Å². The number of aliphatic carboxylic acids is 1. The molecular weight excluding hydrogens is 239 g/mol. The molecule has 0 aliphatic carbocycles. The Balaban J connectivity index is 2.82. The molecule has 1 fully saturated rings. The Hall–Kier alpha value is -0.820. The number of methoxy groups -OCH3 is 1. The number of likely N-dealkylation sites (tertiary alicyclic amines) is 1. The van der Waals surface area contributed by atoms with Gasteiger partial charge in [-0.15, -0.1) is 0 Å². The summed E-state index contributed by atoms with van der Waals surface area (Å²) in [5, 5.41) is 8.79. The van der Waals surface area contributed by atoms with Crippen LogP contribution in [0.15, 0.2) is 0 Å². The molecule has 0 radical (unpaired) electrons. The number of alkyl halides is 3. The topological polar surface area (TPSA) is 49.8 Å². The first kappa shape index (κ1) is 14.2. The SMILES string of the molecule is COC[C@@]1(C(F)(F)F)CCN([C@@H](C)C(=O)O)C1. The summed E-state index contributed by atoms with van der Waals surface area (Å²) in [7, 11) is 1.22. The second-order valence-electron chi connectivity index (χ2n) is 4.45. The molecule has 0 aromatic carbocycles. The molecule has 0 bridgehead atoms. The summed E-state index contributed by atoms with van der Waals surface area (Å²) in [5.74, 6) is -1.11. The Morgan fingerprint density at radius 2 is 2.18 bits per heavy atom. The number of halogens is 3. The van der Waals surface area contributed by atoms with Crippen molar-refractivity contribution in [3.8, 4) is 0 Å². The molecule has 100 valence electrons. The monoisotopic (exact) mass is 255 g/mol. The van der Waals surface area contributed by atoms with Crippen LogP contribution in [0.25, 0.3) is 0 Å². The van der Waals surface area contributed by atoms with Crippen molar-refractivity contribution in [1.82, 2.24) is 4.90 Å². The standard InChI is InChI=1S/C10H16F3NO3/c1-7(8(15)16)14-4-3-9(5-14,6-17-2)10(11,12)13/h7H,3-6H2,1-2H3,(H,15,16)/t7-,9+/m0/s1. The fraction of sp³-hybridized carbons (Fsp3) is 0.900. The number of carbonyl (C=O) groups is 1. The van der Waals surface area contributed by atoms with E-state index in [9.17, 15) is 18.0 Å². The van der Waals surface area contributed by atoms with E-state index >= 15 is 0 Å². The Morgan fingerprint density at radius 3 is 2.59 bits per heavy atom. The minimum absolute atomic E-state index is 0.121. The third-order valence-corrected chi connectivity index (χ3v) is 3.31. The molecule has 2 atom stereocenters. The molecule has 1 heterocycles. The summed E-state index contributed by atoms with van der Waals surface area (Å²) >= 11 is 0. The van der Waals surface area contributed by atoms with Crippen LogP contribution in [-0.2, 0) is 9.53 Å². The Kier molecular flexibility index (Phi) is 4.03. The van der Waals surface area contributed by atoms with E-state index in [-0.39, 0.29) is 19.5 Å². The van der Waals surface area contributed by atoms with Crippen LogP contribution in [0.1, 0.15) is 13.3 Å².